The van der Waals surface area contributed by atoms with Gasteiger partial charge in [-0.15, -0.1) is 0 Å². The number of hydrogen-bond donors (Lipinski definition) is 3. The predicted octanol–water partition coefficient (Wildman–Crippen LogP) is 3.65. The lowest BCUT2D eigenvalue weighted by Gasteiger charge is -2.21. The second-order valence-corrected chi connectivity index (χ2v) is 9.15. The van der Waals surface area contributed by atoms with Crippen LogP contribution in [0.25, 0.3) is 0 Å². The summed E-state index contributed by atoms with van der Waals surface area (Å²) >= 11 is 1.64. The maximum absolute atomic E-state index is 13.3. The van der Waals surface area contributed by atoms with Crippen molar-refractivity contribution >= 4 is 23.6 Å². The minimum Gasteiger partial charge on any atom is -0.511 e. The van der Waals surface area contributed by atoms with Crippen LogP contribution in [0.2, 0.25) is 0 Å². The predicted molar refractivity (Wildman–Crippen MR) is 105 cm³/mol. The van der Waals surface area contributed by atoms with E-state index in [1.807, 2.05) is 0 Å². The van der Waals surface area contributed by atoms with Gasteiger partial charge in [-0.3, -0.25) is 4.79 Å². The summed E-state index contributed by atoms with van der Waals surface area (Å²) in [7, 11) is 0. The number of ketones is 1. The van der Waals surface area contributed by atoms with Crippen LogP contribution in [0.15, 0.2) is 21.9 Å². The zero-order chi connectivity index (χ0) is 17.9. The highest BCUT2D eigenvalue weighted by atomic mass is 32.2. The quantitative estimate of drug-likeness (QED) is 0.612. The molecule has 0 amide bonds. The van der Waals surface area contributed by atoms with Crippen molar-refractivity contribution < 1.29 is 14.9 Å². The van der Waals surface area contributed by atoms with Gasteiger partial charge in [0.15, 0.2) is 5.78 Å². The van der Waals surface area contributed by atoms with Crippen LogP contribution in [-0.4, -0.2) is 16.7 Å². The zero-order valence-electron chi connectivity index (χ0n) is 15.6. The summed E-state index contributed by atoms with van der Waals surface area (Å²) in [6.45, 7) is 0. The monoisotopic (exact) mass is 375 g/mol. The van der Waals surface area contributed by atoms with E-state index < -0.39 is 0 Å². The summed E-state index contributed by atoms with van der Waals surface area (Å²) in [5.41, 5.74) is 1.81. The largest absolute Gasteiger partial charge is 0.511 e. The molecule has 142 valence electrons. The average Bonchev–Trinajstić information content (AvgIpc) is 2.81. The first-order chi connectivity index (χ1) is 12.7. The number of carbonyl (C=O) groups is 1. The van der Waals surface area contributed by atoms with Crippen LogP contribution in [0.5, 0.6) is 0 Å². The second kappa shape index (κ2) is 8.20. The minimum absolute atomic E-state index is 0.0677. The summed E-state index contributed by atoms with van der Waals surface area (Å²) < 4.78 is 3.36. The van der Waals surface area contributed by atoms with Crippen LogP contribution in [0, 0.1) is 11.8 Å². The summed E-state index contributed by atoms with van der Waals surface area (Å²) in [5.74, 6) is 1.44. The maximum atomic E-state index is 13.3. The Labute approximate surface area is 160 Å². The highest BCUT2D eigenvalue weighted by Crippen LogP contribution is 2.36. The number of hydrogen-bond acceptors (Lipinski definition) is 4. The van der Waals surface area contributed by atoms with Crippen LogP contribution in [0.1, 0.15) is 83.5 Å². The summed E-state index contributed by atoms with van der Waals surface area (Å²) in [6, 6.07) is 0. The zero-order valence-corrected chi connectivity index (χ0v) is 16.4. The Morgan fingerprint density at radius 3 is 2.42 bits per heavy atom. The molecule has 0 aromatic heterocycles. The molecule has 1 heterocycles. The van der Waals surface area contributed by atoms with E-state index in [4.69, 9.17) is 0 Å². The topological polar surface area (TPSA) is 63.3 Å². The van der Waals surface area contributed by atoms with Gasteiger partial charge in [0.05, 0.1) is 16.9 Å². The van der Waals surface area contributed by atoms with E-state index in [0.29, 0.717) is 11.3 Å². The lowest BCUT2D eigenvalue weighted by atomic mass is 9.89. The number of aliphatic hydroxyl groups excluding tert-OH is 1. The Bertz CT molecular complexity index is 665. The molecule has 4 aliphatic rings. The summed E-state index contributed by atoms with van der Waals surface area (Å²) in [6.07, 6.45) is 14.5. The highest BCUT2D eigenvalue weighted by Gasteiger charge is 2.39. The molecule has 4 nitrogen and oxygen atoms in total. The lowest BCUT2D eigenvalue weighted by Crippen LogP contribution is -2.76. The number of nitrogens with one attached hydrogen (secondary N) is 2. The first-order valence-corrected chi connectivity index (χ1v) is 11.3. The Hall–Kier alpha value is -1.23. The van der Waals surface area contributed by atoms with Crippen LogP contribution >= 0.6 is 11.9 Å². The third-order valence-corrected chi connectivity index (χ3v) is 7.45. The molecule has 2 atom stereocenters. The first kappa shape index (κ1) is 18.1. The molecule has 2 unspecified atom stereocenters. The number of fused-ring (bicyclic) bond motifs is 3. The van der Waals surface area contributed by atoms with Crippen molar-refractivity contribution in [3.63, 3.8) is 0 Å². The fourth-order valence-electron chi connectivity index (χ4n) is 4.85. The van der Waals surface area contributed by atoms with Crippen LogP contribution in [-0.2, 0) is 4.79 Å². The van der Waals surface area contributed by atoms with Crippen LogP contribution < -0.4 is 9.71 Å². The molecule has 0 saturated heterocycles. The third-order valence-electron chi connectivity index (χ3n) is 6.45. The third kappa shape index (κ3) is 3.73. The summed E-state index contributed by atoms with van der Waals surface area (Å²) in [4.78, 5) is 18.2. The van der Waals surface area contributed by atoms with E-state index in [1.54, 1.807) is 11.9 Å². The molecular formula is C21H31N2O2S+. The van der Waals surface area contributed by atoms with Crippen LogP contribution in [0.4, 0.5) is 0 Å². The minimum atomic E-state index is 0.0677. The van der Waals surface area contributed by atoms with Crippen molar-refractivity contribution in [1.82, 2.24) is 4.72 Å². The maximum Gasteiger partial charge on any atom is 0.298 e. The van der Waals surface area contributed by atoms with Crippen molar-refractivity contribution in [1.29, 1.82) is 0 Å². The summed E-state index contributed by atoms with van der Waals surface area (Å²) in [5, 5.41) is 11.1. The molecule has 0 aromatic rings. The molecule has 1 saturated carbocycles. The molecule has 0 aromatic carbocycles. The van der Waals surface area contributed by atoms with Crippen molar-refractivity contribution in [2.45, 2.75) is 83.5 Å². The average molecular weight is 376 g/mol. The van der Waals surface area contributed by atoms with Gasteiger partial charge in [-0.25, -0.2) is 9.71 Å². The van der Waals surface area contributed by atoms with E-state index in [-0.39, 0.29) is 17.6 Å². The normalized spacial score (nSPS) is 30.9. The standard InChI is InChI=1S/C21H30N2O2S/c24-19-14-8-4-2-1-3-5-9-15(13-12-14)20(25)18(19)21-22-16-10-6-7-11-17(16)26-23-21/h14-15,24H,1-13H2,(H,22,23)/p+1. The van der Waals surface area contributed by atoms with Gasteiger partial charge in [0.25, 0.3) is 5.84 Å². The number of Topliss-reactive ketones (excluding diaryl/α,β-unsaturated/α-hetero) is 1. The fraction of sp³-hybridized carbons (Fsp3) is 0.714. The highest BCUT2D eigenvalue weighted by molar-refractivity contribution is 8.01. The van der Waals surface area contributed by atoms with Gasteiger partial charge in [0.1, 0.15) is 17.0 Å². The molecule has 2 bridgehead atoms. The molecular weight excluding hydrogens is 344 g/mol. The Morgan fingerprint density at radius 1 is 0.885 bits per heavy atom. The van der Waals surface area contributed by atoms with E-state index in [0.717, 1.165) is 57.2 Å². The molecule has 0 radical (unpaired) electrons. The molecule has 0 spiro atoms. The van der Waals surface area contributed by atoms with E-state index in [9.17, 15) is 9.90 Å². The van der Waals surface area contributed by atoms with Gasteiger partial charge in [-0.1, -0.05) is 32.1 Å². The lowest BCUT2D eigenvalue weighted by molar-refractivity contribution is -0.404. The van der Waals surface area contributed by atoms with Crippen molar-refractivity contribution in [2.24, 2.45) is 11.8 Å². The van der Waals surface area contributed by atoms with Gasteiger partial charge < -0.3 is 5.11 Å². The first-order valence-electron chi connectivity index (χ1n) is 10.5. The Balaban J connectivity index is 1.70. The van der Waals surface area contributed by atoms with Gasteiger partial charge in [-0.2, -0.15) is 0 Å². The second-order valence-electron chi connectivity index (χ2n) is 8.25. The smallest absolute Gasteiger partial charge is 0.298 e. The number of aliphatic hydroxyl groups is 1. The number of rotatable bonds is 1. The van der Waals surface area contributed by atoms with E-state index in [2.05, 4.69) is 9.71 Å². The van der Waals surface area contributed by atoms with E-state index in [1.165, 1.54) is 42.7 Å². The Morgan fingerprint density at radius 2 is 1.58 bits per heavy atom. The van der Waals surface area contributed by atoms with Crippen molar-refractivity contribution in [3.05, 3.63) is 21.9 Å². The number of amidine groups is 1. The fourth-order valence-corrected chi connectivity index (χ4v) is 5.75. The van der Waals surface area contributed by atoms with Gasteiger partial charge in [0.2, 0.25) is 0 Å². The Kier molecular flexibility index (Phi) is 5.72. The molecule has 4 rings (SSSR count). The molecule has 3 aliphatic carbocycles. The number of allylic oxidation sites excluding steroid dienone is 3. The molecule has 5 heteroatoms. The van der Waals surface area contributed by atoms with Crippen LogP contribution in [0.3, 0.4) is 0 Å². The molecule has 1 aliphatic heterocycles. The van der Waals surface area contributed by atoms with Crippen molar-refractivity contribution in [2.75, 3.05) is 0 Å². The van der Waals surface area contributed by atoms with E-state index >= 15 is 0 Å². The van der Waals surface area contributed by atoms with Gasteiger partial charge in [-0.05, 0) is 44.9 Å². The molecule has 26 heavy (non-hydrogen) atoms. The van der Waals surface area contributed by atoms with Crippen molar-refractivity contribution in [3.8, 4) is 0 Å². The van der Waals surface area contributed by atoms with Gasteiger partial charge in [0, 0.05) is 18.3 Å². The molecule has 3 N–H and O–H groups in total. The molecule has 1 fully saturated rings. The SMILES string of the molecule is O=C1C(C2=[NH+]C3=C(CCCC3)SN2)=C(O)C2CCCCCCCC1CC2. The number of carbonyl (C=O) groups excluding carboxylic acids is 1. The van der Waals surface area contributed by atoms with Gasteiger partial charge >= 0.3 is 0 Å².